The summed E-state index contributed by atoms with van der Waals surface area (Å²) in [6, 6.07) is 15.6. The van der Waals surface area contributed by atoms with Crippen LogP contribution >= 0.6 is 12.2 Å². The number of para-hydroxylation sites is 1. The van der Waals surface area contributed by atoms with Crippen LogP contribution in [0, 0.1) is 4.64 Å². The quantitative estimate of drug-likeness (QED) is 0.552. The first-order valence-electron chi connectivity index (χ1n) is 7.28. The largest absolute Gasteiger partial charge is 0.497 e. The molecule has 2 aromatic carbocycles. The Labute approximate surface area is 138 Å². The van der Waals surface area contributed by atoms with Crippen molar-refractivity contribution in [3.05, 3.63) is 64.3 Å². The van der Waals surface area contributed by atoms with Crippen molar-refractivity contribution < 1.29 is 9.47 Å². The molecule has 114 valence electrons. The van der Waals surface area contributed by atoms with Gasteiger partial charge in [0.1, 0.15) is 22.0 Å². The maximum absolute atomic E-state index is 5.98. The molecular weight excluding hydrogens is 308 g/mol. The number of aromatic nitrogens is 2. The molecule has 0 aliphatic carbocycles. The van der Waals surface area contributed by atoms with Gasteiger partial charge in [-0.25, -0.2) is 4.98 Å². The van der Waals surface area contributed by atoms with Gasteiger partial charge >= 0.3 is 0 Å². The number of methoxy groups -OCH3 is 1. The van der Waals surface area contributed by atoms with E-state index in [1.807, 2.05) is 48.5 Å². The molecule has 0 fully saturated rings. The Morgan fingerprint density at radius 2 is 2.04 bits per heavy atom. The van der Waals surface area contributed by atoms with Gasteiger partial charge < -0.3 is 14.5 Å². The molecule has 0 saturated carbocycles. The zero-order chi connectivity index (χ0) is 15.8. The average Bonchev–Trinajstić information content (AvgIpc) is 2.60. The van der Waals surface area contributed by atoms with Crippen molar-refractivity contribution in [3.63, 3.8) is 0 Å². The number of fused-ring (bicyclic) bond motifs is 2. The van der Waals surface area contributed by atoms with Gasteiger partial charge in [0.25, 0.3) is 0 Å². The predicted octanol–water partition coefficient (Wildman–Crippen LogP) is 4.51. The van der Waals surface area contributed by atoms with E-state index in [4.69, 9.17) is 21.7 Å². The molecule has 1 N–H and O–H groups in total. The monoisotopic (exact) mass is 322 g/mol. The summed E-state index contributed by atoms with van der Waals surface area (Å²) in [5, 5.41) is 0. The van der Waals surface area contributed by atoms with E-state index in [0.717, 1.165) is 34.6 Å². The lowest BCUT2D eigenvalue weighted by Gasteiger charge is -2.20. The molecule has 0 saturated heterocycles. The maximum Gasteiger partial charge on any atom is 0.205 e. The molecule has 0 bridgehead atoms. The molecule has 0 radical (unpaired) electrons. The van der Waals surface area contributed by atoms with Crippen LogP contribution in [0.1, 0.15) is 11.1 Å². The molecule has 3 aromatic rings. The van der Waals surface area contributed by atoms with Gasteiger partial charge in [0.05, 0.1) is 12.7 Å². The molecule has 1 aromatic heterocycles. The number of benzene rings is 2. The highest BCUT2D eigenvalue weighted by molar-refractivity contribution is 7.71. The summed E-state index contributed by atoms with van der Waals surface area (Å²) in [7, 11) is 1.64. The topological polar surface area (TPSA) is 47.1 Å². The van der Waals surface area contributed by atoms with Gasteiger partial charge in [-0.2, -0.15) is 0 Å². The third-order valence-electron chi connectivity index (χ3n) is 3.87. The summed E-state index contributed by atoms with van der Waals surface area (Å²) in [6.07, 6.45) is 0.728. The van der Waals surface area contributed by atoms with Crippen LogP contribution in [-0.2, 0) is 6.42 Å². The van der Waals surface area contributed by atoms with Gasteiger partial charge in [0, 0.05) is 12.0 Å². The van der Waals surface area contributed by atoms with Gasteiger partial charge in [0.2, 0.25) is 5.88 Å². The Hall–Kier alpha value is -2.66. The lowest BCUT2D eigenvalue weighted by Crippen LogP contribution is -2.07. The van der Waals surface area contributed by atoms with E-state index in [1.54, 1.807) is 7.11 Å². The van der Waals surface area contributed by atoms with E-state index in [1.165, 1.54) is 0 Å². The van der Waals surface area contributed by atoms with E-state index in [0.29, 0.717) is 16.3 Å². The van der Waals surface area contributed by atoms with E-state index >= 15 is 0 Å². The van der Waals surface area contributed by atoms with Gasteiger partial charge in [-0.15, -0.1) is 0 Å². The molecular formula is C18H14N2O2S. The minimum atomic E-state index is 0.561. The number of hydrogen-bond donors (Lipinski definition) is 1. The number of hydrogen-bond acceptors (Lipinski definition) is 4. The second-order valence-corrected chi connectivity index (χ2v) is 5.70. The fraction of sp³-hybridized carbons (Fsp3) is 0.111. The predicted molar refractivity (Wildman–Crippen MR) is 90.7 cm³/mol. The molecule has 5 heteroatoms. The number of H-pyrrole nitrogens is 1. The molecule has 4 rings (SSSR count). The standard InChI is InChI=1S/C18H14N2O2S/c1-21-13-7-4-6-12(9-13)16-19-17-14(18(23)20-16)10-11-5-2-3-8-15(11)22-17/h2-9H,10H2,1H3,(H,19,20,23). The fourth-order valence-electron chi connectivity index (χ4n) is 2.68. The van der Waals surface area contributed by atoms with Gasteiger partial charge in [-0.3, -0.25) is 0 Å². The zero-order valence-corrected chi connectivity index (χ0v) is 13.3. The van der Waals surface area contributed by atoms with Crippen LogP contribution in [0.5, 0.6) is 17.4 Å². The van der Waals surface area contributed by atoms with Crippen molar-refractivity contribution in [2.45, 2.75) is 6.42 Å². The van der Waals surface area contributed by atoms with E-state index in [2.05, 4.69) is 9.97 Å². The van der Waals surface area contributed by atoms with Crippen LogP contribution in [0.4, 0.5) is 0 Å². The number of rotatable bonds is 2. The van der Waals surface area contributed by atoms with Crippen molar-refractivity contribution in [2.24, 2.45) is 0 Å². The van der Waals surface area contributed by atoms with Crippen molar-refractivity contribution in [2.75, 3.05) is 7.11 Å². The van der Waals surface area contributed by atoms with Gasteiger partial charge in [-0.05, 0) is 23.8 Å². The smallest absolute Gasteiger partial charge is 0.205 e. The minimum Gasteiger partial charge on any atom is -0.497 e. The highest BCUT2D eigenvalue weighted by Gasteiger charge is 2.20. The molecule has 0 atom stereocenters. The summed E-state index contributed by atoms with van der Waals surface area (Å²) < 4.78 is 11.8. The third-order valence-corrected chi connectivity index (χ3v) is 4.21. The number of ether oxygens (including phenoxy) is 2. The van der Waals surface area contributed by atoms with Crippen molar-refractivity contribution in [1.29, 1.82) is 0 Å². The Kier molecular flexibility index (Phi) is 3.35. The first kappa shape index (κ1) is 14.0. The van der Waals surface area contributed by atoms with E-state index in [-0.39, 0.29) is 0 Å². The summed E-state index contributed by atoms with van der Waals surface area (Å²) in [5.41, 5.74) is 2.95. The van der Waals surface area contributed by atoms with E-state index < -0.39 is 0 Å². The van der Waals surface area contributed by atoms with Crippen molar-refractivity contribution >= 4 is 12.2 Å². The van der Waals surface area contributed by atoms with Gasteiger partial charge in [-0.1, -0.05) is 42.5 Å². The first-order valence-corrected chi connectivity index (χ1v) is 7.69. The van der Waals surface area contributed by atoms with Crippen molar-refractivity contribution in [3.8, 4) is 28.8 Å². The molecule has 4 nitrogen and oxygen atoms in total. The third kappa shape index (κ3) is 2.49. The Morgan fingerprint density at radius 1 is 1.17 bits per heavy atom. The van der Waals surface area contributed by atoms with Crippen LogP contribution in [-0.4, -0.2) is 17.1 Å². The fourth-order valence-corrected chi connectivity index (χ4v) is 2.93. The lowest BCUT2D eigenvalue weighted by molar-refractivity contribution is 0.415. The molecule has 2 heterocycles. The lowest BCUT2D eigenvalue weighted by atomic mass is 10.0. The number of nitrogens with zero attached hydrogens (tertiary/aromatic N) is 1. The summed E-state index contributed by atoms with van der Waals surface area (Å²) >= 11 is 5.47. The Morgan fingerprint density at radius 3 is 2.91 bits per heavy atom. The van der Waals surface area contributed by atoms with Crippen LogP contribution in [0.2, 0.25) is 0 Å². The van der Waals surface area contributed by atoms with Crippen LogP contribution < -0.4 is 9.47 Å². The first-order chi connectivity index (χ1) is 11.2. The summed E-state index contributed by atoms with van der Waals surface area (Å²) in [5.74, 6) is 2.97. The summed E-state index contributed by atoms with van der Waals surface area (Å²) in [4.78, 5) is 7.79. The van der Waals surface area contributed by atoms with E-state index in [9.17, 15) is 0 Å². The molecule has 1 aliphatic heterocycles. The van der Waals surface area contributed by atoms with Crippen LogP contribution in [0.3, 0.4) is 0 Å². The van der Waals surface area contributed by atoms with Crippen LogP contribution in [0.25, 0.3) is 11.4 Å². The molecule has 0 spiro atoms. The highest BCUT2D eigenvalue weighted by atomic mass is 32.1. The second kappa shape index (κ2) is 5.52. The maximum atomic E-state index is 5.98. The van der Waals surface area contributed by atoms with Crippen LogP contribution in [0.15, 0.2) is 48.5 Å². The Balaban J connectivity index is 1.81. The Bertz CT molecular complexity index is 950. The molecule has 0 amide bonds. The van der Waals surface area contributed by atoms with Crippen molar-refractivity contribution in [1.82, 2.24) is 9.97 Å². The summed E-state index contributed by atoms with van der Waals surface area (Å²) in [6.45, 7) is 0. The average molecular weight is 322 g/mol. The minimum absolute atomic E-state index is 0.561. The molecule has 23 heavy (non-hydrogen) atoms. The highest BCUT2D eigenvalue weighted by Crippen LogP contribution is 2.36. The zero-order valence-electron chi connectivity index (χ0n) is 12.5. The SMILES string of the molecule is COc1cccc(-c2nc(=S)c3c([nH]2)Oc2ccccc2C3)c1. The van der Waals surface area contributed by atoms with Gasteiger partial charge in [0.15, 0.2) is 0 Å². The molecule has 0 unspecified atom stereocenters. The number of aromatic amines is 1. The normalized spacial score (nSPS) is 12.0. The number of nitrogens with one attached hydrogen (secondary N) is 1. The molecule has 1 aliphatic rings. The second-order valence-electron chi connectivity index (χ2n) is 5.32.